The summed E-state index contributed by atoms with van der Waals surface area (Å²) >= 11 is 0. The molecule has 206 valence electrons. The fourth-order valence-electron chi connectivity index (χ4n) is 4.51. The van der Waals surface area contributed by atoms with Gasteiger partial charge in [-0.2, -0.15) is 0 Å². The second-order valence-electron chi connectivity index (χ2n) is 10.6. The summed E-state index contributed by atoms with van der Waals surface area (Å²) in [5.74, 6) is -1.03. The highest BCUT2D eigenvalue weighted by molar-refractivity contribution is 6.01. The quantitative estimate of drug-likeness (QED) is 0.246. The number of imide groups is 1. The number of nitrogens with one attached hydrogen (secondary N) is 2. The number of carbonyl (C=O) groups is 3. The monoisotopic (exact) mass is 521 g/mol. The molecule has 2 N–H and O–H groups in total. The summed E-state index contributed by atoms with van der Waals surface area (Å²) in [6, 6.07) is 4.51. The molecule has 2 saturated heterocycles. The number of amides is 2. The van der Waals surface area contributed by atoms with Crippen molar-refractivity contribution in [3.63, 3.8) is 0 Å². The van der Waals surface area contributed by atoms with Crippen LogP contribution < -0.4 is 10.6 Å². The van der Waals surface area contributed by atoms with E-state index in [1.165, 1.54) is 6.07 Å². The van der Waals surface area contributed by atoms with Crippen LogP contribution in [0, 0.1) is 5.82 Å². The molecule has 1 atom stereocenters. The Bertz CT molecular complexity index is 927. The molecule has 37 heavy (non-hydrogen) atoms. The molecule has 2 amide bonds. The molecule has 0 aliphatic carbocycles. The molecule has 1 aromatic carbocycles. The average Bonchev–Trinajstić information content (AvgIpc) is 2.82. The molecule has 0 saturated carbocycles. The predicted molar refractivity (Wildman–Crippen MR) is 137 cm³/mol. The van der Waals surface area contributed by atoms with E-state index in [1.807, 2.05) is 20.8 Å². The van der Waals surface area contributed by atoms with Crippen molar-refractivity contribution in [2.45, 2.75) is 70.4 Å². The average molecular weight is 522 g/mol. The normalized spacial score (nSPS) is 19.5. The topological polar surface area (TPSA) is 106 Å². The molecule has 0 radical (unpaired) electrons. The van der Waals surface area contributed by atoms with Crippen LogP contribution in [0.3, 0.4) is 0 Å². The lowest BCUT2D eigenvalue weighted by Crippen LogP contribution is -2.47. The minimum absolute atomic E-state index is 0.153. The Morgan fingerprint density at radius 2 is 1.78 bits per heavy atom. The minimum atomic E-state index is -0.530. The molecule has 2 aliphatic heterocycles. The van der Waals surface area contributed by atoms with Crippen molar-refractivity contribution < 1.29 is 33.0 Å². The largest absolute Gasteiger partial charge is 0.460 e. The fourth-order valence-corrected chi connectivity index (χ4v) is 4.51. The maximum absolute atomic E-state index is 14.9. The van der Waals surface area contributed by atoms with E-state index >= 15 is 0 Å². The van der Waals surface area contributed by atoms with Crippen molar-refractivity contribution in [1.82, 2.24) is 10.2 Å². The number of piperidine rings is 2. The van der Waals surface area contributed by atoms with Crippen molar-refractivity contribution in [2.75, 3.05) is 51.4 Å². The Morgan fingerprint density at radius 1 is 1.08 bits per heavy atom. The van der Waals surface area contributed by atoms with Crippen molar-refractivity contribution in [3.05, 3.63) is 29.6 Å². The molecular formula is C27H40FN3O6. The second kappa shape index (κ2) is 13.8. The SMILES string of the molecule is CC(C)(C)OC(=O)CCOCCOCCN1CCC(c2ccc(NC3CCC(=O)NC3=O)cc2F)CC1. The predicted octanol–water partition coefficient (Wildman–Crippen LogP) is 2.99. The van der Waals surface area contributed by atoms with E-state index in [1.54, 1.807) is 12.1 Å². The highest BCUT2D eigenvalue weighted by Gasteiger charge is 2.27. The zero-order valence-corrected chi connectivity index (χ0v) is 22.1. The number of halogens is 1. The molecule has 1 unspecified atom stereocenters. The van der Waals surface area contributed by atoms with Crippen LogP contribution in [0.25, 0.3) is 0 Å². The number of anilines is 1. The van der Waals surface area contributed by atoms with E-state index in [4.69, 9.17) is 14.2 Å². The lowest BCUT2D eigenvalue weighted by Gasteiger charge is -2.32. The first-order valence-electron chi connectivity index (χ1n) is 13.1. The van der Waals surface area contributed by atoms with Gasteiger partial charge in [0.05, 0.1) is 32.8 Å². The van der Waals surface area contributed by atoms with Crippen LogP contribution in [0.15, 0.2) is 18.2 Å². The van der Waals surface area contributed by atoms with E-state index < -0.39 is 11.6 Å². The summed E-state index contributed by atoms with van der Waals surface area (Å²) in [6.45, 7) is 9.86. The number of hydrogen-bond acceptors (Lipinski definition) is 8. The lowest BCUT2D eigenvalue weighted by atomic mass is 9.89. The van der Waals surface area contributed by atoms with Gasteiger partial charge in [-0.05, 0) is 76.7 Å². The van der Waals surface area contributed by atoms with Gasteiger partial charge in [0.25, 0.3) is 0 Å². The van der Waals surface area contributed by atoms with E-state index in [9.17, 15) is 18.8 Å². The highest BCUT2D eigenvalue weighted by atomic mass is 19.1. The molecule has 2 fully saturated rings. The molecule has 0 aromatic heterocycles. The highest BCUT2D eigenvalue weighted by Crippen LogP contribution is 2.31. The van der Waals surface area contributed by atoms with Crippen LogP contribution in [0.5, 0.6) is 0 Å². The molecule has 3 rings (SSSR count). The van der Waals surface area contributed by atoms with Gasteiger partial charge in [0.15, 0.2) is 0 Å². The van der Waals surface area contributed by atoms with Crippen LogP contribution in [0.4, 0.5) is 10.1 Å². The van der Waals surface area contributed by atoms with Gasteiger partial charge in [-0.1, -0.05) is 6.07 Å². The Kier molecular flexibility index (Phi) is 10.8. The maximum atomic E-state index is 14.9. The Morgan fingerprint density at radius 3 is 2.43 bits per heavy atom. The van der Waals surface area contributed by atoms with Crippen molar-refractivity contribution in [2.24, 2.45) is 0 Å². The third-order valence-corrected chi connectivity index (χ3v) is 6.40. The first-order chi connectivity index (χ1) is 17.6. The Hall–Kier alpha value is -2.56. The molecular weight excluding hydrogens is 481 g/mol. The number of rotatable bonds is 12. The van der Waals surface area contributed by atoms with Gasteiger partial charge in [0.2, 0.25) is 11.8 Å². The van der Waals surface area contributed by atoms with Crippen LogP contribution >= 0.6 is 0 Å². The molecule has 0 spiro atoms. The van der Waals surface area contributed by atoms with Gasteiger partial charge in [0, 0.05) is 18.7 Å². The van der Waals surface area contributed by atoms with Crippen LogP contribution in [-0.4, -0.2) is 80.4 Å². The number of likely N-dealkylation sites (tertiary alicyclic amines) is 1. The lowest BCUT2D eigenvalue weighted by molar-refractivity contribution is -0.156. The van der Waals surface area contributed by atoms with Gasteiger partial charge >= 0.3 is 5.97 Å². The summed E-state index contributed by atoms with van der Waals surface area (Å²) in [5, 5.41) is 5.33. The van der Waals surface area contributed by atoms with Crippen molar-refractivity contribution >= 4 is 23.5 Å². The number of carbonyl (C=O) groups excluding carboxylic acids is 3. The van der Waals surface area contributed by atoms with E-state index in [2.05, 4.69) is 15.5 Å². The first kappa shape index (κ1) is 29.0. The van der Waals surface area contributed by atoms with E-state index in [0.29, 0.717) is 44.1 Å². The Balaban J connectivity index is 1.28. The fraction of sp³-hybridized carbons (Fsp3) is 0.667. The molecule has 2 heterocycles. The van der Waals surface area contributed by atoms with Crippen molar-refractivity contribution in [3.8, 4) is 0 Å². The zero-order valence-electron chi connectivity index (χ0n) is 22.1. The zero-order chi connectivity index (χ0) is 26.8. The smallest absolute Gasteiger partial charge is 0.308 e. The summed E-state index contributed by atoms with van der Waals surface area (Å²) in [6.07, 6.45) is 2.63. The van der Waals surface area contributed by atoms with Crippen molar-refractivity contribution in [1.29, 1.82) is 0 Å². The molecule has 10 heteroatoms. The maximum Gasteiger partial charge on any atom is 0.308 e. The van der Waals surface area contributed by atoms with Crippen LogP contribution in [-0.2, 0) is 28.6 Å². The van der Waals surface area contributed by atoms with Gasteiger partial charge < -0.3 is 24.4 Å². The number of nitrogens with zero attached hydrogens (tertiary/aromatic N) is 1. The van der Waals surface area contributed by atoms with Gasteiger partial charge in [-0.3, -0.25) is 19.7 Å². The third-order valence-electron chi connectivity index (χ3n) is 6.40. The van der Waals surface area contributed by atoms with E-state index in [-0.39, 0.29) is 42.4 Å². The molecule has 2 aliphatic rings. The number of hydrogen-bond donors (Lipinski definition) is 2. The summed E-state index contributed by atoms with van der Waals surface area (Å²) < 4.78 is 31.2. The summed E-state index contributed by atoms with van der Waals surface area (Å²) in [5.41, 5.74) is 0.761. The minimum Gasteiger partial charge on any atom is -0.460 e. The third kappa shape index (κ3) is 10.0. The van der Waals surface area contributed by atoms with Gasteiger partial charge in [-0.15, -0.1) is 0 Å². The summed E-state index contributed by atoms with van der Waals surface area (Å²) in [4.78, 5) is 37.2. The molecule has 1 aromatic rings. The summed E-state index contributed by atoms with van der Waals surface area (Å²) in [7, 11) is 0. The second-order valence-corrected chi connectivity index (χ2v) is 10.6. The number of ether oxygens (including phenoxy) is 3. The number of benzene rings is 1. The van der Waals surface area contributed by atoms with Crippen LogP contribution in [0.1, 0.15) is 64.4 Å². The molecule has 9 nitrogen and oxygen atoms in total. The number of esters is 1. The van der Waals surface area contributed by atoms with E-state index in [0.717, 1.165) is 32.5 Å². The van der Waals surface area contributed by atoms with Crippen LogP contribution in [0.2, 0.25) is 0 Å². The first-order valence-corrected chi connectivity index (χ1v) is 13.1. The standard InChI is InChI=1S/C27H40FN3O6/c1-27(2,3)37-25(33)10-14-35-16-17-36-15-13-31-11-8-19(9-12-31)21-5-4-20(18-22(21)28)29-23-6-7-24(32)30-26(23)34/h4-5,18-19,23,29H,6-17H2,1-3H3,(H,30,32,34). The molecule has 0 bridgehead atoms. The Labute approximate surface area is 218 Å². The van der Waals surface area contributed by atoms with Gasteiger partial charge in [0.1, 0.15) is 17.5 Å². The van der Waals surface area contributed by atoms with Gasteiger partial charge in [-0.25, -0.2) is 4.39 Å².